The van der Waals surface area contributed by atoms with Gasteiger partial charge in [-0.2, -0.15) is 0 Å². The van der Waals surface area contributed by atoms with E-state index in [2.05, 4.69) is 11.7 Å². The number of phenols is 1. The molecule has 2 aromatic carbocycles. The zero-order chi connectivity index (χ0) is 26.0. The minimum atomic E-state index is -1.22. The number of carbonyl (C=O) groups is 3. The predicted molar refractivity (Wildman–Crippen MR) is 133 cm³/mol. The first-order valence-electron chi connectivity index (χ1n) is 11.1. The van der Waals surface area contributed by atoms with E-state index in [1.54, 1.807) is 24.3 Å². The van der Waals surface area contributed by atoms with E-state index in [1.807, 2.05) is 45.0 Å². The topological polar surface area (TPSA) is 114 Å². The van der Waals surface area contributed by atoms with Crippen LogP contribution >= 0.6 is 0 Å². The molecule has 0 bridgehead atoms. The van der Waals surface area contributed by atoms with E-state index in [4.69, 9.17) is 9.52 Å². The van der Waals surface area contributed by atoms with Gasteiger partial charge >= 0.3 is 5.97 Å². The van der Waals surface area contributed by atoms with Crippen LogP contribution < -0.4 is 0 Å². The maximum absolute atomic E-state index is 12.3. The van der Waals surface area contributed by atoms with E-state index in [0.29, 0.717) is 29.1 Å². The molecule has 1 heterocycles. The fraction of sp³-hybridized carbons (Fsp3) is 0.250. The lowest BCUT2D eigenvalue weighted by Crippen LogP contribution is -2.17. The average Bonchev–Trinajstić information content (AvgIpc) is 3.27. The highest BCUT2D eigenvalue weighted by Crippen LogP contribution is 2.28. The van der Waals surface area contributed by atoms with Crippen LogP contribution in [0.5, 0.6) is 5.75 Å². The molecule has 0 aliphatic rings. The quantitative estimate of drug-likeness (QED) is 0.226. The van der Waals surface area contributed by atoms with Crippen molar-refractivity contribution in [1.29, 1.82) is 0 Å². The van der Waals surface area contributed by atoms with Gasteiger partial charge in [-0.1, -0.05) is 37.6 Å². The van der Waals surface area contributed by atoms with Gasteiger partial charge in [0.1, 0.15) is 28.4 Å². The second kappa shape index (κ2) is 12.4. The van der Waals surface area contributed by atoms with Gasteiger partial charge in [0, 0.05) is 11.1 Å². The first-order chi connectivity index (χ1) is 16.5. The van der Waals surface area contributed by atoms with Crippen LogP contribution in [0, 0.1) is 0 Å². The van der Waals surface area contributed by atoms with E-state index in [0.717, 1.165) is 12.8 Å². The van der Waals surface area contributed by atoms with Crippen molar-refractivity contribution in [1.82, 2.24) is 0 Å². The van der Waals surface area contributed by atoms with Crippen LogP contribution in [-0.4, -0.2) is 34.0 Å². The Balaban J connectivity index is 0.000000540. The maximum Gasteiger partial charge on any atom is 0.339 e. The molecule has 0 amide bonds. The van der Waals surface area contributed by atoms with E-state index in [9.17, 15) is 19.5 Å². The molecule has 0 saturated heterocycles. The molecule has 0 aliphatic heterocycles. The molecule has 3 rings (SSSR count). The Morgan fingerprint density at radius 3 is 2.26 bits per heavy atom. The van der Waals surface area contributed by atoms with Crippen molar-refractivity contribution in [3.63, 3.8) is 0 Å². The lowest BCUT2D eigenvalue weighted by atomic mass is 10.1. The average molecular weight is 479 g/mol. The molecule has 0 radical (unpaired) electrons. The second-order valence-electron chi connectivity index (χ2n) is 8.71. The molecule has 0 atom stereocenters. The van der Waals surface area contributed by atoms with Crippen molar-refractivity contribution in [2.45, 2.75) is 46.1 Å². The number of aryl methyl sites for hydroxylation is 1. The van der Waals surface area contributed by atoms with Crippen LogP contribution in [0.15, 0.2) is 65.1 Å². The molecule has 0 spiro atoms. The Labute approximate surface area is 204 Å². The zero-order valence-electron chi connectivity index (χ0n) is 20.3. The molecule has 0 saturated carbocycles. The summed E-state index contributed by atoms with van der Waals surface area (Å²) < 4.78 is 10.2. The van der Waals surface area contributed by atoms with Crippen molar-refractivity contribution in [2.75, 3.05) is 0 Å². The smallest absolute Gasteiger partial charge is 0.339 e. The number of rotatable bonds is 8. The molecule has 3 aromatic rings. The highest BCUT2D eigenvalue weighted by atomic mass is 16.5. The van der Waals surface area contributed by atoms with Gasteiger partial charge in [0.2, 0.25) is 0 Å². The maximum atomic E-state index is 12.3. The number of carboxylic acid groups (broad SMARTS) is 1. The number of benzene rings is 2. The van der Waals surface area contributed by atoms with Crippen molar-refractivity contribution >= 4 is 24.3 Å². The van der Waals surface area contributed by atoms with Crippen molar-refractivity contribution in [2.24, 2.45) is 0 Å². The standard InChI is InChI=1S/C23H20O5.C5H10O2/c1-2-3-15-4-6-16(7-5-15)20(24)12-9-18-10-13-22(28-18)17-8-11-21(25)19(14-17)23(26)27;1-5(2,3)7-4-6/h4-14,25H,2-3H2,1H3,(H,26,27);4H,1-3H3/b12-9+;. The molecular formula is C28H30O7. The van der Waals surface area contributed by atoms with Crippen molar-refractivity contribution in [3.8, 4) is 17.1 Å². The largest absolute Gasteiger partial charge is 0.507 e. The minimum absolute atomic E-state index is 0.126. The molecular weight excluding hydrogens is 448 g/mol. The Bertz CT molecular complexity index is 1180. The predicted octanol–water partition coefficient (Wildman–Crippen LogP) is 6.16. The van der Waals surface area contributed by atoms with E-state index < -0.39 is 5.97 Å². The van der Waals surface area contributed by atoms with E-state index in [1.165, 1.54) is 23.8 Å². The number of aromatic hydroxyl groups is 1. The summed E-state index contributed by atoms with van der Waals surface area (Å²) in [5, 5.41) is 18.7. The summed E-state index contributed by atoms with van der Waals surface area (Å²) in [4.78, 5) is 33.0. The second-order valence-corrected chi connectivity index (χ2v) is 8.71. The van der Waals surface area contributed by atoms with Gasteiger partial charge in [0.15, 0.2) is 5.78 Å². The molecule has 0 aliphatic carbocycles. The summed E-state index contributed by atoms with van der Waals surface area (Å²) in [5.74, 6) is -0.742. The molecule has 35 heavy (non-hydrogen) atoms. The van der Waals surface area contributed by atoms with E-state index in [-0.39, 0.29) is 22.7 Å². The molecule has 1 aromatic heterocycles. The lowest BCUT2D eigenvalue weighted by Gasteiger charge is -2.14. The van der Waals surface area contributed by atoms with Crippen molar-refractivity contribution < 1.29 is 33.8 Å². The minimum Gasteiger partial charge on any atom is -0.507 e. The number of aromatic carboxylic acids is 1. The Kier molecular flexibility index (Phi) is 9.58. The van der Waals surface area contributed by atoms with Gasteiger partial charge < -0.3 is 19.4 Å². The highest BCUT2D eigenvalue weighted by molar-refractivity contribution is 6.06. The highest BCUT2D eigenvalue weighted by Gasteiger charge is 2.13. The van der Waals surface area contributed by atoms with Gasteiger partial charge in [-0.25, -0.2) is 4.79 Å². The number of ketones is 1. The molecule has 0 unspecified atom stereocenters. The number of ether oxygens (including phenoxy) is 1. The van der Waals surface area contributed by atoms with Crippen LogP contribution in [0.2, 0.25) is 0 Å². The molecule has 7 heteroatoms. The first kappa shape index (κ1) is 27.1. The third-order valence-electron chi connectivity index (χ3n) is 4.72. The number of hydrogen-bond donors (Lipinski definition) is 2. The molecule has 7 nitrogen and oxygen atoms in total. The third kappa shape index (κ3) is 8.62. The fourth-order valence-corrected chi connectivity index (χ4v) is 2.98. The number of allylic oxidation sites excluding steroid dienone is 1. The molecule has 2 N–H and O–H groups in total. The summed E-state index contributed by atoms with van der Waals surface area (Å²) in [5.41, 5.74) is 1.81. The van der Waals surface area contributed by atoms with Crippen molar-refractivity contribution in [3.05, 3.63) is 83.1 Å². The van der Waals surface area contributed by atoms with Gasteiger partial charge in [-0.15, -0.1) is 0 Å². The summed E-state index contributed by atoms with van der Waals surface area (Å²) in [7, 11) is 0. The molecule has 0 fully saturated rings. The SMILES string of the molecule is CC(C)(C)OC=O.CCCc1ccc(C(=O)/C=C/c2ccc(-c3ccc(O)c(C(=O)O)c3)o2)cc1. The first-order valence-corrected chi connectivity index (χ1v) is 11.1. The van der Waals surface area contributed by atoms with Gasteiger partial charge in [-0.3, -0.25) is 9.59 Å². The summed E-state index contributed by atoms with van der Waals surface area (Å²) in [6, 6.07) is 15.1. The van der Waals surface area contributed by atoms with Crippen LogP contribution in [0.4, 0.5) is 0 Å². The lowest BCUT2D eigenvalue weighted by molar-refractivity contribution is -0.138. The summed E-state index contributed by atoms with van der Waals surface area (Å²) >= 11 is 0. The van der Waals surface area contributed by atoms with Crippen LogP contribution in [0.1, 0.15) is 66.2 Å². The van der Waals surface area contributed by atoms with Crippen LogP contribution in [-0.2, 0) is 16.0 Å². The Hall–Kier alpha value is -4.13. The zero-order valence-corrected chi connectivity index (χ0v) is 20.3. The molecule has 184 valence electrons. The van der Waals surface area contributed by atoms with Crippen LogP contribution in [0.3, 0.4) is 0 Å². The Morgan fingerprint density at radius 2 is 1.71 bits per heavy atom. The Morgan fingerprint density at radius 1 is 1.03 bits per heavy atom. The van der Waals surface area contributed by atoms with Gasteiger partial charge in [-0.05, 0) is 75.2 Å². The summed E-state index contributed by atoms with van der Waals surface area (Å²) in [6.07, 6.45) is 5.06. The number of furan rings is 1. The van der Waals surface area contributed by atoms with Crippen LogP contribution in [0.25, 0.3) is 17.4 Å². The normalized spacial score (nSPS) is 11.0. The van der Waals surface area contributed by atoms with Gasteiger partial charge in [0.05, 0.1) is 0 Å². The number of hydrogen-bond acceptors (Lipinski definition) is 6. The van der Waals surface area contributed by atoms with Gasteiger partial charge in [0.25, 0.3) is 6.47 Å². The third-order valence-corrected chi connectivity index (χ3v) is 4.72. The number of carboxylic acids is 1. The fourth-order valence-electron chi connectivity index (χ4n) is 2.98. The number of carbonyl (C=O) groups excluding carboxylic acids is 2. The monoisotopic (exact) mass is 478 g/mol. The summed E-state index contributed by atoms with van der Waals surface area (Å²) in [6.45, 7) is 8.03. The van der Waals surface area contributed by atoms with E-state index >= 15 is 0 Å².